The lowest BCUT2D eigenvalue weighted by atomic mass is 10.0. The van der Waals surface area contributed by atoms with E-state index in [9.17, 15) is 14.4 Å². The predicted molar refractivity (Wildman–Crippen MR) is 102 cm³/mol. The van der Waals surface area contributed by atoms with E-state index < -0.39 is 0 Å². The monoisotopic (exact) mass is 369 g/mol. The number of carbonyl (C=O) groups excluding carboxylic acids is 3. The summed E-state index contributed by atoms with van der Waals surface area (Å²) in [6.45, 7) is 3.39. The van der Waals surface area contributed by atoms with Crippen LogP contribution in [0.3, 0.4) is 0 Å². The lowest BCUT2D eigenvalue weighted by Gasteiger charge is -2.37. The SMILES string of the molecule is CC(=O)N1CCC(=O)N2[C@H](CC[C@H]2C(=O)N2CCCc3ccccc32)CC1. The Balaban J connectivity index is 1.55. The minimum atomic E-state index is -0.363. The number of anilines is 1. The average molecular weight is 369 g/mol. The molecule has 3 heterocycles. The van der Waals surface area contributed by atoms with Crippen molar-refractivity contribution in [3.8, 4) is 0 Å². The molecule has 6 heteroatoms. The van der Waals surface area contributed by atoms with E-state index in [0.717, 1.165) is 37.9 Å². The maximum Gasteiger partial charge on any atom is 0.249 e. The first-order chi connectivity index (χ1) is 13.1. The van der Waals surface area contributed by atoms with Crippen molar-refractivity contribution in [2.75, 3.05) is 24.5 Å². The van der Waals surface area contributed by atoms with Crippen molar-refractivity contribution in [3.63, 3.8) is 0 Å². The zero-order valence-corrected chi connectivity index (χ0v) is 15.9. The zero-order valence-electron chi connectivity index (χ0n) is 15.9. The minimum absolute atomic E-state index is 0.00657. The maximum absolute atomic E-state index is 13.4. The fourth-order valence-electron chi connectivity index (χ4n) is 4.82. The highest BCUT2D eigenvalue weighted by Gasteiger charge is 2.43. The van der Waals surface area contributed by atoms with Crippen molar-refractivity contribution in [1.82, 2.24) is 9.80 Å². The van der Waals surface area contributed by atoms with Crippen LogP contribution in [0, 0.1) is 0 Å². The highest BCUT2D eigenvalue weighted by Crippen LogP contribution is 2.33. The molecule has 0 spiro atoms. The first-order valence-electron chi connectivity index (χ1n) is 10.0. The van der Waals surface area contributed by atoms with Crippen molar-refractivity contribution < 1.29 is 14.4 Å². The highest BCUT2D eigenvalue weighted by molar-refractivity contribution is 6.00. The summed E-state index contributed by atoms with van der Waals surface area (Å²) in [5.74, 6) is 0.0842. The highest BCUT2D eigenvalue weighted by atomic mass is 16.2. The molecule has 0 radical (unpaired) electrons. The van der Waals surface area contributed by atoms with E-state index in [2.05, 4.69) is 6.07 Å². The molecule has 3 aliphatic heterocycles. The van der Waals surface area contributed by atoms with Gasteiger partial charge in [0, 0.05) is 44.7 Å². The maximum atomic E-state index is 13.4. The van der Waals surface area contributed by atoms with E-state index in [1.165, 1.54) is 5.56 Å². The third kappa shape index (κ3) is 3.33. The van der Waals surface area contributed by atoms with Crippen molar-refractivity contribution in [1.29, 1.82) is 0 Å². The van der Waals surface area contributed by atoms with Crippen molar-refractivity contribution in [2.24, 2.45) is 0 Å². The number of fused-ring (bicyclic) bond motifs is 2. The van der Waals surface area contributed by atoms with Crippen molar-refractivity contribution >= 4 is 23.4 Å². The van der Waals surface area contributed by atoms with Gasteiger partial charge in [-0.25, -0.2) is 0 Å². The van der Waals surface area contributed by atoms with Crippen LogP contribution < -0.4 is 4.90 Å². The number of hydrogen-bond donors (Lipinski definition) is 0. The summed E-state index contributed by atoms with van der Waals surface area (Å²) in [6.07, 6.45) is 4.57. The second-order valence-electron chi connectivity index (χ2n) is 7.81. The molecule has 1 aromatic carbocycles. The third-order valence-corrected chi connectivity index (χ3v) is 6.22. The molecule has 6 nitrogen and oxygen atoms in total. The molecule has 144 valence electrons. The molecule has 0 aliphatic carbocycles. The van der Waals surface area contributed by atoms with E-state index in [1.807, 2.05) is 28.0 Å². The second-order valence-corrected chi connectivity index (χ2v) is 7.81. The Morgan fingerprint density at radius 2 is 1.81 bits per heavy atom. The third-order valence-electron chi connectivity index (χ3n) is 6.22. The van der Waals surface area contributed by atoms with Crippen LogP contribution in [0.2, 0.25) is 0 Å². The summed E-state index contributed by atoms with van der Waals surface area (Å²) in [7, 11) is 0. The number of benzene rings is 1. The van der Waals surface area contributed by atoms with Gasteiger partial charge in [0.15, 0.2) is 0 Å². The smallest absolute Gasteiger partial charge is 0.249 e. The Morgan fingerprint density at radius 1 is 1.00 bits per heavy atom. The number of rotatable bonds is 1. The second kappa shape index (κ2) is 7.33. The number of aryl methyl sites for hydroxylation is 1. The molecule has 0 unspecified atom stereocenters. The molecular formula is C21H27N3O3. The molecule has 3 amide bonds. The first kappa shape index (κ1) is 18.0. The molecule has 0 saturated carbocycles. The van der Waals surface area contributed by atoms with Gasteiger partial charge in [-0.2, -0.15) is 0 Å². The Hall–Kier alpha value is -2.37. The fourth-order valence-corrected chi connectivity index (χ4v) is 4.82. The van der Waals surface area contributed by atoms with Gasteiger partial charge in [-0.15, -0.1) is 0 Å². The summed E-state index contributed by atoms with van der Waals surface area (Å²) in [6, 6.07) is 7.79. The number of hydrogen-bond acceptors (Lipinski definition) is 3. The zero-order chi connectivity index (χ0) is 19.0. The van der Waals surface area contributed by atoms with Gasteiger partial charge in [-0.05, 0) is 43.7 Å². The van der Waals surface area contributed by atoms with Gasteiger partial charge in [0.1, 0.15) is 6.04 Å². The first-order valence-corrected chi connectivity index (χ1v) is 10.0. The van der Waals surface area contributed by atoms with Crippen LogP contribution >= 0.6 is 0 Å². The molecule has 0 bridgehead atoms. The Bertz CT molecular complexity index is 763. The molecule has 0 N–H and O–H groups in total. The van der Waals surface area contributed by atoms with E-state index in [1.54, 1.807) is 11.8 Å². The van der Waals surface area contributed by atoms with Crippen molar-refractivity contribution in [3.05, 3.63) is 29.8 Å². The quantitative estimate of drug-likeness (QED) is 0.760. The van der Waals surface area contributed by atoms with Crippen LogP contribution in [0.15, 0.2) is 24.3 Å². The molecule has 3 aliphatic rings. The van der Waals surface area contributed by atoms with E-state index >= 15 is 0 Å². The lowest BCUT2D eigenvalue weighted by molar-refractivity contribution is -0.142. The average Bonchev–Trinajstić information content (AvgIpc) is 3.08. The lowest BCUT2D eigenvalue weighted by Crippen LogP contribution is -2.53. The Labute approximate surface area is 160 Å². The van der Waals surface area contributed by atoms with Crippen LogP contribution in [0.4, 0.5) is 5.69 Å². The molecule has 2 atom stereocenters. The van der Waals surface area contributed by atoms with Gasteiger partial charge < -0.3 is 14.7 Å². The molecular weight excluding hydrogens is 342 g/mol. The van der Waals surface area contributed by atoms with E-state index in [0.29, 0.717) is 25.9 Å². The van der Waals surface area contributed by atoms with Crippen LogP contribution in [-0.2, 0) is 20.8 Å². The van der Waals surface area contributed by atoms with Gasteiger partial charge in [0.25, 0.3) is 0 Å². The molecule has 2 fully saturated rings. The predicted octanol–water partition coefficient (Wildman–Crippen LogP) is 1.97. The summed E-state index contributed by atoms with van der Waals surface area (Å²) in [5, 5.41) is 0. The molecule has 4 rings (SSSR count). The summed E-state index contributed by atoms with van der Waals surface area (Å²) >= 11 is 0. The molecule has 0 aromatic heterocycles. The molecule has 1 aromatic rings. The number of para-hydroxylation sites is 1. The largest absolute Gasteiger partial charge is 0.342 e. The molecule has 2 saturated heterocycles. The topological polar surface area (TPSA) is 60.9 Å². The van der Waals surface area contributed by atoms with Crippen LogP contribution in [0.1, 0.15) is 44.6 Å². The summed E-state index contributed by atoms with van der Waals surface area (Å²) < 4.78 is 0. The van der Waals surface area contributed by atoms with E-state index in [4.69, 9.17) is 0 Å². The van der Waals surface area contributed by atoms with Gasteiger partial charge in [0.05, 0.1) is 0 Å². The minimum Gasteiger partial charge on any atom is -0.342 e. The van der Waals surface area contributed by atoms with Crippen LogP contribution in [0.5, 0.6) is 0 Å². The Kier molecular flexibility index (Phi) is 4.89. The van der Waals surface area contributed by atoms with Crippen molar-refractivity contribution in [2.45, 2.75) is 57.5 Å². The van der Waals surface area contributed by atoms with Gasteiger partial charge in [0.2, 0.25) is 17.7 Å². The standard InChI is InChI=1S/C21H27N3O3/c1-15(25)22-13-10-17-8-9-19(24(17)20(26)11-14-22)21(27)23-12-4-6-16-5-2-3-7-18(16)23/h2-3,5,7,17,19H,4,6,8-14H2,1H3/t17-,19+/m1/s1. The summed E-state index contributed by atoms with van der Waals surface area (Å²) in [4.78, 5) is 43.5. The van der Waals surface area contributed by atoms with Gasteiger partial charge >= 0.3 is 0 Å². The number of carbonyl (C=O) groups is 3. The number of nitrogens with zero attached hydrogens (tertiary/aromatic N) is 3. The van der Waals surface area contributed by atoms with Crippen LogP contribution in [-0.4, -0.2) is 59.2 Å². The fraction of sp³-hybridized carbons (Fsp3) is 0.571. The Morgan fingerprint density at radius 3 is 2.63 bits per heavy atom. The van der Waals surface area contributed by atoms with Gasteiger partial charge in [-0.3, -0.25) is 14.4 Å². The summed E-state index contributed by atoms with van der Waals surface area (Å²) in [5.41, 5.74) is 2.21. The van der Waals surface area contributed by atoms with Gasteiger partial charge in [-0.1, -0.05) is 18.2 Å². The number of amides is 3. The normalized spacial score (nSPS) is 25.5. The van der Waals surface area contributed by atoms with Crippen LogP contribution in [0.25, 0.3) is 0 Å². The molecule has 27 heavy (non-hydrogen) atoms. The van der Waals surface area contributed by atoms with E-state index in [-0.39, 0.29) is 29.8 Å².